The summed E-state index contributed by atoms with van der Waals surface area (Å²) in [5, 5.41) is 3.16. The lowest BCUT2D eigenvalue weighted by Crippen LogP contribution is -2.43. The van der Waals surface area contributed by atoms with Gasteiger partial charge in [-0.1, -0.05) is 30.3 Å². The molecule has 1 amide bonds. The molecule has 2 aromatic carbocycles. The Kier molecular flexibility index (Phi) is 8.66. The summed E-state index contributed by atoms with van der Waals surface area (Å²) >= 11 is 0. The van der Waals surface area contributed by atoms with Gasteiger partial charge < -0.3 is 14.8 Å². The van der Waals surface area contributed by atoms with E-state index in [1.54, 1.807) is 13.3 Å². The minimum absolute atomic E-state index is 0.0477. The van der Waals surface area contributed by atoms with E-state index in [-0.39, 0.29) is 24.2 Å². The van der Waals surface area contributed by atoms with Crippen molar-refractivity contribution in [3.05, 3.63) is 89.7 Å². The highest BCUT2D eigenvalue weighted by molar-refractivity contribution is 5.79. The minimum atomic E-state index is -4.46. The van der Waals surface area contributed by atoms with Crippen molar-refractivity contribution in [1.82, 2.24) is 15.2 Å². The second-order valence-electron chi connectivity index (χ2n) is 8.93. The van der Waals surface area contributed by atoms with Crippen LogP contribution in [0.15, 0.2) is 72.9 Å². The van der Waals surface area contributed by atoms with Crippen molar-refractivity contribution in [3.8, 4) is 11.5 Å². The highest BCUT2D eigenvalue weighted by atomic mass is 19.4. The van der Waals surface area contributed by atoms with Gasteiger partial charge in [0.25, 0.3) is 0 Å². The van der Waals surface area contributed by atoms with Crippen LogP contribution in [-0.4, -0.2) is 49.1 Å². The molecule has 1 aromatic heterocycles. The third-order valence-electron chi connectivity index (χ3n) is 6.51. The molecule has 1 saturated heterocycles. The molecule has 3 aromatic rings. The monoisotopic (exact) mass is 513 g/mol. The highest BCUT2D eigenvalue weighted by Gasteiger charge is 2.34. The van der Waals surface area contributed by atoms with Gasteiger partial charge in [0.2, 0.25) is 5.91 Å². The van der Waals surface area contributed by atoms with Crippen LogP contribution in [0.3, 0.4) is 0 Å². The van der Waals surface area contributed by atoms with Gasteiger partial charge in [-0.05, 0) is 67.9 Å². The SMILES string of the molecule is COc1cccc(C(NC(=O)C2CCN(CCOc3ccccc3C(F)(F)F)CC2)c2ccccn2)c1. The van der Waals surface area contributed by atoms with Crippen LogP contribution in [-0.2, 0) is 11.0 Å². The average Bonchev–Trinajstić information content (AvgIpc) is 2.92. The Hall–Kier alpha value is -3.59. The number of piperidine rings is 1. The maximum absolute atomic E-state index is 13.2. The third kappa shape index (κ3) is 7.01. The Labute approximate surface area is 214 Å². The molecule has 1 fully saturated rings. The molecule has 1 atom stereocenters. The first kappa shape index (κ1) is 26.5. The molecule has 37 heavy (non-hydrogen) atoms. The van der Waals surface area contributed by atoms with Crippen LogP contribution in [0.5, 0.6) is 11.5 Å². The summed E-state index contributed by atoms with van der Waals surface area (Å²) in [4.78, 5) is 19.8. The summed E-state index contributed by atoms with van der Waals surface area (Å²) in [7, 11) is 1.60. The number of aromatic nitrogens is 1. The van der Waals surface area contributed by atoms with Gasteiger partial charge in [-0.25, -0.2) is 0 Å². The lowest BCUT2D eigenvalue weighted by atomic mass is 9.94. The van der Waals surface area contributed by atoms with Crippen molar-refractivity contribution < 1.29 is 27.4 Å². The molecule has 1 aliphatic rings. The van der Waals surface area contributed by atoms with Gasteiger partial charge in [-0.15, -0.1) is 0 Å². The maximum atomic E-state index is 13.2. The molecule has 9 heteroatoms. The fraction of sp³-hybridized carbons (Fsp3) is 0.357. The number of benzene rings is 2. The summed E-state index contributed by atoms with van der Waals surface area (Å²) in [6.45, 7) is 1.95. The van der Waals surface area contributed by atoms with Crippen molar-refractivity contribution in [2.24, 2.45) is 5.92 Å². The largest absolute Gasteiger partial charge is 0.497 e. The normalized spacial score (nSPS) is 15.7. The van der Waals surface area contributed by atoms with Crippen molar-refractivity contribution in [1.29, 1.82) is 0 Å². The topological polar surface area (TPSA) is 63.7 Å². The number of likely N-dealkylation sites (tertiary alicyclic amines) is 1. The third-order valence-corrected chi connectivity index (χ3v) is 6.51. The summed E-state index contributed by atoms with van der Waals surface area (Å²) in [5.74, 6) is 0.317. The van der Waals surface area contributed by atoms with Gasteiger partial charge in [0.1, 0.15) is 18.1 Å². The summed E-state index contributed by atoms with van der Waals surface area (Å²) in [5.41, 5.74) is 0.835. The predicted octanol–water partition coefficient (Wildman–Crippen LogP) is 5.11. The fourth-order valence-electron chi connectivity index (χ4n) is 4.49. The van der Waals surface area contributed by atoms with Gasteiger partial charge in [0.15, 0.2) is 0 Å². The number of para-hydroxylation sites is 1. The number of rotatable bonds is 9. The zero-order valence-electron chi connectivity index (χ0n) is 20.6. The molecule has 2 heterocycles. The summed E-state index contributed by atoms with van der Waals surface area (Å²) < 4.78 is 50.3. The molecule has 0 spiro atoms. The number of carbonyl (C=O) groups excluding carboxylic acids is 1. The first-order valence-corrected chi connectivity index (χ1v) is 12.2. The Bertz CT molecular complexity index is 1170. The smallest absolute Gasteiger partial charge is 0.419 e. The lowest BCUT2D eigenvalue weighted by molar-refractivity contribution is -0.139. The van der Waals surface area contributed by atoms with Crippen LogP contribution >= 0.6 is 0 Å². The predicted molar refractivity (Wildman–Crippen MR) is 133 cm³/mol. The molecular formula is C28H30F3N3O3. The molecule has 1 aliphatic heterocycles. The molecule has 6 nitrogen and oxygen atoms in total. The lowest BCUT2D eigenvalue weighted by Gasteiger charge is -2.32. The van der Waals surface area contributed by atoms with Crippen LogP contribution in [0, 0.1) is 5.92 Å². The quantitative estimate of drug-likeness (QED) is 0.431. The van der Waals surface area contributed by atoms with Gasteiger partial charge in [0, 0.05) is 18.7 Å². The first-order chi connectivity index (χ1) is 17.8. The number of nitrogens with zero attached hydrogens (tertiary/aromatic N) is 2. The van der Waals surface area contributed by atoms with Gasteiger partial charge in [-0.3, -0.25) is 14.7 Å². The highest BCUT2D eigenvalue weighted by Crippen LogP contribution is 2.36. The number of pyridine rings is 1. The molecule has 196 valence electrons. The van der Waals surface area contributed by atoms with E-state index < -0.39 is 17.8 Å². The fourth-order valence-corrected chi connectivity index (χ4v) is 4.49. The van der Waals surface area contributed by atoms with E-state index in [1.807, 2.05) is 42.5 Å². The number of halogens is 3. The maximum Gasteiger partial charge on any atom is 0.419 e. The molecule has 4 rings (SSSR count). The van der Waals surface area contributed by atoms with Crippen LogP contribution in [0.4, 0.5) is 13.2 Å². The molecule has 1 N–H and O–H groups in total. The number of nitrogens with one attached hydrogen (secondary N) is 1. The van der Waals surface area contributed by atoms with Gasteiger partial charge in [-0.2, -0.15) is 13.2 Å². The first-order valence-electron chi connectivity index (χ1n) is 12.2. The van der Waals surface area contributed by atoms with Crippen LogP contribution in [0.1, 0.15) is 35.7 Å². The number of carbonyl (C=O) groups is 1. The van der Waals surface area contributed by atoms with Crippen LogP contribution < -0.4 is 14.8 Å². The van der Waals surface area contributed by atoms with E-state index >= 15 is 0 Å². The van der Waals surface area contributed by atoms with Crippen molar-refractivity contribution in [2.45, 2.75) is 25.1 Å². The molecule has 0 aliphatic carbocycles. The number of alkyl halides is 3. The Morgan fingerprint density at radius 1 is 1.08 bits per heavy atom. The molecular weight excluding hydrogens is 483 g/mol. The van der Waals surface area contributed by atoms with E-state index in [0.717, 1.165) is 17.3 Å². The number of ether oxygens (including phenoxy) is 2. The van der Waals surface area contributed by atoms with Crippen LogP contribution in [0.2, 0.25) is 0 Å². The number of hydrogen-bond donors (Lipinski definition) is 1. The summed E-state index contributed by atoms with van der Waals surface area (Å²) in [6.07, 6.45) is -1.46. The molecule has 1 unspecified atom stereocenters. The standard InChI is InChI=1S/C28H30F3N3O3/c1-36-22-8-6-7-21(19-22)26(24-10-4-5-14-32-24)33-27(35)20-12-15-34(16-13-20)17-18-37-25-11-3-2-9-23(25)28(29,30)31/h2-11,14,19-20,26H,12-13,15-18H2,1H3,(H,33,35). The second-order valence-corrected chi connectivity index (χ2v) is 8.93. The van der Waals surface area contributed by atoms with Crippen molar-refractivity contribution in [3.63, 3.8) is 0 Å². The van der Waals surface area contributed by atoms with Crippen molar-refractivity contribution >= 4 is 5.91 Å². The van der Waals surface area contributed by atoms with E-state index in [2.05, 4.69) is 15.2 Å². The van der Waals surface area contributed by atoms with E-state index in [9.17, 15) is 18.0 Å². The van der Waals surface area contributed by atoms with Gasteiger partial charge in [0.05, 0.1) is 24.4 Å². The van der Waals surface area contributed by atoms with Crippen LogP contribution in [0.25, 0.3) is 0 Å². The molecule has 0 saturated carbocycles. The van der Waals surface area contributed by atoms with E-state index in [4.69, 9.17) is 9.47 Å². The Balaban J connectivity index is 1.32. The zero-order chi connectivity index (χ0) is 26.3. The molecule has 0 radical (unpaired) electrons. The number of hydrogen-bond acceptors (Lipinski definition) is 5. The van der Waals surface area contributed by atoms with Crippen molar-refractivity contribution in [2.75, 3.05) is 33.4 Å². The summed E-state index contributed by atoms with van der Waals surface area (Å²) in [6, 6.07) is 17.9. The zero-order valence-corrected chi connectivity index (χ0v) is 20.6. The Morgan fingerprint density at radius 3 is 2.54 bits per heavy atom. The van der Waals surface area contributed by atoms with E-state index in [1.165, 1.54) is 18.2 Å². The Morgan fingerprint density at radius 2 is 1.84 bits per heavy atom. The molecule has 0 bridgehead atoms. The number of methoxy groups -OCH3 is 1. The van der Waals surface area contributed by atoms with Gasteiger partial charge >= 0.3 is 6.18 Å². The minimum Gasteiger partial charge on any atom is -0.497 e. The number of amides is 1. The second kappa shape index (κ2) is 12.1. The van der Waals surface area contributed by atoms with E-state index in [0.29, 0.717) is 38.2 Å². The average molecular weight is 514 g/mol.